The van der Waals surface area contributed by atoms with Crippen LogP contribution < -0.4 is 5.32 Å². The second kappa shape index (κ2) is 7.68. The van der Waals surface area contributed by atoms with Crippen molar-refractivity contribution in [2.75, 3.05) is 26.0 Å². The van der Waals surface area contributed by atoms with Gasteiger partial charge >= 0.3 is 0 Å². The molecule has 0 radical (unpaired) electrons. The number of amides is 2. The van der Waals surface area contributed by atoms with Crippen LogP contribution in [-0.2, 0) is 20.9 Å². The van der Waals surface area contributed by atoms with Crippen molar-refractivity contribution < 1.29 is 18.7 Å². The molecular formula is C14H15N3O4S. The summed E-state index contributed by atoms with van der Waals surface area (Å²) >= 11 is 1.19. The summed E-state index contributed by atoms with van der Waals surface area (Å²) in [5.41, 5.74) is -0.0708. The van der Waals surface area contributed by atoms with Gasteiger partial charge in [-0.1, -0.05) is 11.8 Å². The van der Waals surface area contributed by atoms with Gasteiger partial charge < -0.3 is 19.4 Å². The van der Waals surface area contributed by atoms with Crippen LogP contribution in [0.2, 0.25) is 0 Å². The topological polar surface area (TPSA) is 95.6 Å². The average molecular weight is 321 g/mol. The third-order valence-electron chi connectivity index (χ3n) is 2.95. The van der Waals surface area contributed by atoms with Crippen molar-refractivity contribution in [1.29, 1.82) is 5.26 Å². The molecule has 0 spiro atoms. The molecule has 116 valence electrons. The Kier molecular flexibility index (Phi) is 5.63. The molecule has 2 amide bonds. The van der Waals surface area contributed by atoms with Crippen molar-refractivity contribution in [1.82, 2.24) is 10.2 Å². The molecule has 0 unspecified atom stereocenters. The van der Waals surface area contributed by atoms with Crippen molar-refractivity contribution in [3.63, 3.8) is 0 Å². The molecule has 1 aromatic heterocycles. The first-order chi connectivity index (χ1) is 10.7. The Morgan fingerprint density at radius 2 is 2.45 bits per heavy atom. The zero-order chi connectivity index (χ0) is 15.9. The van der Waals surface area contributed by atoms with Gasteiger partial charge in [-0.2, -0.15) is 5.26 Å². The maximum atomic E-state index is 12.2. The van der Waals surface area contributed by atoms with Crippen LogP contribution in [-0.4, -0.2) is 42.7 Å². The molecule has 1 fully saturated rings. The Morgan fingerprint density at radius 3 is 3.09 bits per heavy atom. The van der Waals surface area contributed by atoms with Gasteiger partial charge in [0.05, 0.1) is 25.2 Å². The molecule has 1 aromatic rings. The normalized spacial score (nSPS) is 16.5. The number of furan rings is 1. The Labute approximate surface area is 131 Å². The molecule has 2 rings (SSSR count). The summed E-state index contributed by atoms with van der Waals surface area (Å²) in [6.07, 6.45) is 1.50. The Hall–Kier alpha value is -2.24. The van der Waals surface area contributed by atoms with Gasteiger partial charge in [-0.15, -0.1) is 0 Å². The molecule has 1 aliphatic heterocycles. The third-order valence-corrected chi connectivity index (χ3v) is 4.04. The number of nitrogens with one attached hydrogen (secondary N) is 1. The Morgan fingerprint density at radius 1 is 1.64 bits per heavy atom. The highest BCUT2D eigenvalue weighted by Crippen LogP contribution is 2.31. The minimum Gasteiger partial charge on any atom is -0.467 e. The number of nitriles is 1. The molecule has 22 heavy (non-hydrogen) atoms. The molecule has 1 aliphatic rings. The first-order valence-corrected chi connectivity index (χ1v) is 7.53. The van der Waals surface area contributed by atoms with Gasteiger partial charge in [0.1, 0.15) is 22.4 Å². The molecule has 0 aromatic carbocycles. The van der Waals surface area contributed by atoms with Crippen LogP contribution in [0.15, 0.2) is 33.4 Å². The molecule has 0 saturated carbocycles. The fourth-order valence-corrected chi connectivity index (χ4v) is 2.93. The second-order valence-corrected chi connectivity index (χ2v) is 5.34. The number of carbonyl (C=O) groups excluding carboxylic acids is 2. The van der Waals surface area contributed by atoms with E-state index >= 15 is 0 Å². The molecule has 1 saturated heterocycles. The van der Waals surface area contributed by atoms with E-state index in [1.54, 1.807) is 12.1 Å². The largest absolute Gasteiger partial charge is 0.467 e. The number of hydrogen-bond acceptors (Lipinski definition) is 6. The highest BCUT2D eigenvalue weighted by molar-refractivity contribution is 8.04. The number of rotatable bonds is 6. The van der Waals surface area contributed by atoms with Crippen molar-refractivity contribution >= 4 is 23.6 Å². The minimum atomic E-state index is -0.529. The van der Waals surface area contributed by atoms with Crippen LogP contribution in [0.25, 0.3) is 0 Å². The summed E-state index contributed by atoms with van der Waals surface area (Å²) in [6, 6.07) is 5.31. The smallest absolute Gasteiger partial charge is 0.265 e. The molecule has 0 aliphatic carbocycles. The Balaban J connectivity index is 2.11. The second-order valence-electron chi connectivity index (χ2n) is 4.38. The number of carbonyl (C=O) groups is 2. The van der Waals surface area contributed by atoms with Gasteiger partial charge in [0.15, 0.2) is 0 Å². The van der Waals surface area contributed by atoms with Crippen LogP contribution >= 0.6 is 11.8 Å². The maximum absolute atomic E-state index is 12.2. The van der Waals surface area contributed by atoms with Crippen LogP contribution in [0.5, 0.6) is 0 Å². The van der Waals surface area contributed by atoms with Gasteiger partial charge in [-0.05, 0) is 12.1 Å². The third kappa shape index (κ3) is 3.69. The molecule has 0 atom stereocenters. The van der Waals surface area contributed by atoms with E-state index in [1.807, 2.05) is 6.07 Å². The van der Waals surface area contributed by atoms with Crippen LogP contribution in [0.1, 0.15) is 5.76 Å². The first-order valence-electron chi connectivity index (χ1n) is 6.54. The molecular weight excluding hydrogens is 306 g/mol. The predicted octanol–water partition coefficient (Wildman–Crippen LogP) is 0.853. The van der Waals surface area contributed by atoms with Crippen LogP contribution in [0.4, 0.5) is 0 Å². The number of methoxy groups -OCH3 is 1. The van der Waals surface area contributed by atoms with E-state index in [1.165, 1.54) is 30.0 Å². The van der Waals surface area contributed by atoms with Crippen molar-refractivity contribution in [3.8, 4) is 6.07 Å². The van der Waals surface area contributed by atoms with E-state index in [9.17, 15) is 14.9 Å². The SMILES string of the molecule is COCCN1C(=O)CSC1=C(C#N)C(=O)NCc1ccco1. The summed E-state index contributed by atoms with van der Waals surface area (Å²) in [6.45, 7) is 0.831. The lowest BCUT2D eigenvalue weighted by Gasteiger charge is -2.17. The zero-order valence-electron chi connectivity index (χ0n) is 12.0. The summed E-state index contributed by atoms with van der Waals surface area (Å²) in [7, 11) is 1.53. The number of thioether (sulfide) groups is 1. The summed E-state index contributed by atoms with van der Waals surface area (Å²) in [5, 5.41) is 12.3. The van der Waals surface area contributed by atoms with Crippen LogP contribution in [0, 0.1) is 11.3 Å². The number of hydrogen-bond donors (Lipinski definition) is 1. The standard InChI is InChI=1S/C14H15N3O4S/c1-20-6-4-17-12(18)9-22-14(17)11(7-15)13(19)16-8-10-3-2-5-21-10/h2-3,5H,4,6,8-9H2,1H3,(H,16,19). The fourth-order valence-electron chi connectivity index (χ4n) is 1.88. The zero-order valence-corrected chi connectivity index (χ0v) is 12.8. The average Bonchev–Trinajstić information content (AvgIpc) is 3.15. The minimum absolute atomic E-state index is 0.0708. The van der Waals surface area contributed by atoms with Gasteiger partial charge in [0.2, 0.25) is 5.91 Å². The van der Waals surface area contributed by atoms with Gasteiger partial charge in [-0.3, -0.25) is 9.59 Å². The quantitative estimate of drug-likeness (QED) is 0.616. The highest BCUT2D eigenvalue weighted by Gasteiger charge is 2.31. The Bertz CT molecular complexity index is 619. The van der Waals surface area contributed by atoms with E-state index < -0.39 is 5.91 Å². The van der Waals surface area contributed by atoms with E-state index in [4.69, 9.17) is 9.15 Å². The van der Waals surface area contributed by atoms with E-state index in [2.05, 4.69) is 5.32 Å². The van der Waals surface area contributed by atoms with E-state index in [0.29, 0.717) is 23.9 Å². The van der Waals surface area contributed by atoms with E-state index in [-0.39, 0.29) is 23.8 Å². The monoisotopic (exact) mass is 321 g/mol. The molecule has 8 heteroatoms. The van der Waals surface area contributed by atoms with Crippen molar-refractivity contribution in [2.24, 2.45) is 0 Å². The lowest BCUT2D eigenvalue weighted by atomic mass is 10.2. The van der Waals surface area contributed by atoms with Crippen LogP contribution in [0.3, 0.4) is 0 Å². The lowest BCUT2D eigenvalue weighted by Crippen LogP contribution is -2.31. The highest BCUT2D eigenvalue weighted by atomic mass is 32.2. The van der Waals surface area contributed by atoms with Gasteiger partial charge in [-0.25, -0.2) is 0 Å². The summed E-state index contributed by atoms with van der Waals surface area (Å²) in [4.78, 5) is 25.4. The fraction of sp³-hybridized carbons (Fsp3) is 0.357. The van der Waals surface area contributed by atoms with Gasteiger partial charge in [0.25, 0.3) is 5.91 Å². The predicted molar refractivity (Wildman–Crippen MR) is 79.2 cm³/mol. The van der Waals surface area contributed by atoms with Crippen molar-refractivity contribution in [2.45, 2.75) is 6.54 Å². The lowest BCUT2D eigenvalue weighted by molar-refractivity contribution is -0.125. The van der Waals surface area contributed by atoms with E-state index in [0.717, 1.165) is 0 Å². The molecule has 1 N–H and O–H groups in total. The number of nitrogens with zero attached hydrogens (tertiary/aromatic N) is 2. The molecule has 0 bridgehead atoms. The first kappa shape index (κ1) is 16.1. The van der Waals surface area contributed by atoms with Crippen molar-refractivity contribution in [3.05, 3.63) is 34.8 Å². The number of ether oxygens (including phenoxy) is 1. The van der Waals surface area contributed by atoms with Gasteiger partial charge in [0, 0.05) is 13.7 Å². The molecule has 2 heterocycles. The molecule has 7 nitrogen and oxygen atoms in total. The summed E-state index contributed by atoms with van der Waals surface area (Å²) < 4.78 is 10.1. The summed E-state index contributed by atoms with van der Waals surface area (Å²) in [5.74, 6) is 0.138. The maximum Gasteiger partial charge on any atom is 0.265 e.